The van der Waals surface area contributed by atoms with Crippen LogP contribution in [0.5, 0.6) is 5.75 Å². The van der Waals surface area contributed by atoms with E-state index in [1.807, 2.05) is 43.3 Å². The zero-order valence-corrected chi connectivity index (χ0v) is 16.5. The molecule has 3 aromatic rings. The molecule has 0 fully saturated rings. The summed E-state index contributed by atoms with van der Waals surface area (Å²) >= 11 is 0. The Morgan fingerprint density at radius 2 is 1.89 bits per heavy atom. The van der Waals surface area contributed by atoms with Gasteiger partial charge in [-0.15, -0.1) is 0 Å². The summed E-state index contributed by atoms with van der Waals surface area (Å²) in [6, 6.07) is 13.9. The minimum Gasteiger partial charge on any atom is -0.484 e. The Kier molecular flexibility index (Phi) is 5.81. The van der Waals surface area contributed by atoms with Gasteiger partial charge in [0.05, 0.1) is 0 Å². The van der Waals surface area contributed by atoms with Gasteiger partial charge in [0.25, 0.3) is 5.91 Å². The fourth-order valence-corrected chi connectivity index (χ4v) is 2.93. The minimum atomic E-state index is -0.167. The molecular formula is C22H27N3O2. The van der Waals surface area contributed by atoms with Gasteiger partial charge in [0.1, 0.15) is 5.75 Å². The van der Waals surface area contributed by atoms with Crippen molar-refractivity contribution in [1.29, 1.82) is 0 Å². The Hall–Kier alpha value is -2.79. The number of anilines is 1. The van der Waals surface area contributed by atoms with Crippen LogP contribution >= 0.6 is 0 Å². The van der Waals surface area contributed by atoms with Crippen LogP contribution in [0.2, 0.25) is 0 Å². The minimum absolute atomic E-state index is 0.00954. The van der Waals surface area contributed by atoms with Crippen molar-refractivity contribution in [2.24, 2.45) is 0 Å². The van der Waals surface area contributed by atoms with Gasteiger partial charge in [-0.05, 0) is 75.5 Å². The number of aromatic nitrogens is 1. The van der Waals surface area contributed by atoms with Crippen molar-refractivity contribution in [3.8, 4) is 5.75 Å². The van der Waals surface area contributed by atoms with Crippen molar-refractivity contribution in [3.63, 3.8) is 0 Å². The van der Waals surface area contributed by atoms with E-state index < -0.39 is 0 Å². The lowest BCUT2D eigenvalue weighted by atomic mass is 10.1. The van der Waals surface area contributed by atoms with Crippen molar-refractivity contribution >= 4 is 22.5 Å². The van der Waals surface area contributed by atoms with Gasteiger partial charge in [0.15, 0.2) is 6.61 Å². The van der Waals surface area contributed by atoms with Gasteiger partial charge < -0.3 is 19.5 Å². The number of hydrogen-bond donors (Lipinski definition) is 1. The van der Waals surface area contributed by atoms with E-state index in [1.165, 1.54) is 11.1 Å². The highest BCUT2D eigenvalue weighted by Gasteiger charge is 2.07. The number of nitrogens with zero attached hydrogens (tertiary/aromatic N) is 2. The number of rotatable bonds is 7. The Bertz CT molecular complexity index is 944. The summed E-state index contributed by atoms with van der Waals surface area (Å²) in [5.41, 5.74) is 4.30. The Balaban J connectivity index is 1.60. The molecule has 0 unspecified atom stereocenters. The number of benzene rings is 2. The first kappa shape index (κ1) is 19.0. The van der Waals surface area contributed by atoms with E-state index in [4.69, 9.17) is 4.74 Å². The molecule has 1 aromatic heterocycles. The fraction of sp³-hybridized carbons (Fsp3) is 0.318. The fourth-order valence-electron chi connectivity index (χ4n) is 2.93. The number of carbonyl (C=O) groups is 1. The number of nitrogens with one attached hydrogen (secondary N) is 1. The van der Waals surface area contributed by atoms with Crippen molar-refractivity contribution < 1.29 is 9.53 Å². The van der Waals surface area contributed by atoms with Crippen molar-refractivity contribution in [2.45, 2.75) is 20.4 Å². The van der Waals surface area contributed by atoms with E-state index in [1.54, 1.807) is 0 Å². The Labute approximate surface area is 160 Å². The third kappa shape index (κ3) is 4.89. The van der Waals surface area contributed by atoms with Crippen LogP contribution in [-0.4, -0.2) is 42.6 Å². The van der Waals surface area contributed by atoms with Gasteiger partial charge in [-0.2, -0.15) is 0 Å². The maximum Gasteiger partial charge on any atom is 0.262 e. The smallest absolute Gasteiger partial charge is 0.262 e. The van der Waals surface area contributed by atoms with Crippen LogP contribution in [0, 0.1) is 13.8 Å². The van der Waals surface area contributed by atoms with E-state index in [9.17, 15) is 4.79 Å². The molecule has 0 spiro atoms. The predicted molar refractivity (Wildman–Crippen MR) is 111 cm³/mol. The lowest BCUT2D eigenvalue weighted by Crippen LogP contribution is -2.20. The highest BCUT2D eigenvalue weighted by atomic mass is 16.5. The van der Waals surface area contributed by atoms with Crippen LogP contribution in [0.1, 0.15) is 11.1 Å². The first-order chi connectivity index (χ1) is 12.9. The van der Waals surface area contributed by atoms with Crippen LogP contribution in [0.4, 0.5) is 5.69 Å². The highest BCUT2D eigenvalue weighted by molar-refractivity contribution is 5.94. The standard InChI is InChI=1S/C22H27N3O2/c1-16-5-7-20(13-17(16)2)27-15-22(26)23-19-6-8-21-18(14-19)9-10-25(21)12-11-24(3)4/h5-10,13-14H,11-12,15H2,1-4H3,(H,23,26). The molecule has 0 atom stereocenters. The molecule has 3 rings (SSSR count). The summed E-state index contributed by atoms with van der Waals surface area (Å²) in [5, 5.41) is 4.02. The molecular weight excluding hydrogens is 338 g/mol. The number of fused-ring (bicyclic) bond motifs is 1. The molecule has 1 N–H and O–H groups in total. The summed E-state index contributed by atoms with van der Waals surface area (Å²) in [5.74, 6) is 0.543. The molecule has 1 amide bonds. The first-order valence-corrected chi connectivity index (χ1v) is 9.16. The van der Waals surface area contributed by atoms with E-state index in [-0.39, 0.29) is 12.5 Å². The van der Waals surface area contributed by atoms with Crippen molar-refractivity contribution in [1.82, 2.24) is 9.47 Å². The van der Waals surface area contributed by atoms with Crippen LogP contribution in [0.25, 0.3) is 10.9 Å². The lowest BCUT2D eigenvalue weighted by Gasteiger charge is -2.12. The summed E-state index contributed by atoms with van der Waals surface area (Å²) in [7, 11) is 4.14. The molecule has 0 saturated carbocycles. The van der Waals surface area contributed by atoms with Gasteiger partial charge in [0, 0.05) is 35.9 Å². The van der Waals surface area contributed by atoms with E-state index in [2.05, 4.69) is 48.1 Å². The second kappa shape index (κ2) is 8.27. The van der Waals surface area contributed by atoms with Crippen LogP contribution in [0.15, 0.2) is 48.7 Å². The second-order valence-electron chi connectivity index (χ2n) is 7.17. The molecule has 0 aliphatic heterocycles. The predicted octanol–water partition coefficient (Wildman–Crippen LogP) is 3.84. The van der Waals surface area contributed by atoms with Crippen LogP contribution < -0.4 is 10.1 Å². The normalized spacial score (nSPS) is 11.1. The average molecular weight is 365 g/mol. The molecule has 5 nitrogen and oxygen atoms in total. The summed E-state index contributed by atoms with van der Waals surface area (Å²) in [6.45, 7) is 5.99. The topological polar surface area (TPSA) is 46.5 Å². The van der Waals surface area contributed by atoms with Gasteiger partial charge in [-0.3, -0.25) is 4.79 Å². The van der Waals surface area contributed by atoms with Gasteiger partial charge in [0.2, 0.25) is 0 Å². The number of ether oxygens (including phenoxy) is 1. The summed E-state index contributed by atoms with van der Waals surface area (Å²) in [4.78, 5) is 14.4. The number of likely N-dealkylation sites (N-methyl/N-ethyl adjacent to an activating group) is 1. The lowest BCUT2D eigenvalue weighted by molar-refractivity contribution is -0.118. The number of hydrogen-bond acceptors (Lipinski definition) is 3. The van der Waals surface area contributed by atoms with Crippen molar-refractivity contribution in [2.75, 3.05) is 32.6 Å². The second-order valence-corrected chi connectivity index (χ2v) is 7.17. The molecule has 0 saturated heterocycles. The number of amides is 1. The monoisotopic (exact) mass is 365 g/mol. The zero-order chi connectivity index (χ0) is 19.4. The van der Waals surface area contributed by atoms with E-state index in [0.717, 1.165) is 29.7 Å². The van der Waals surface area contributed by atoms with Gasteiger partial charge in [-0.1, -0.05) is 6.07 Å². The van der Waals surface area contributed by atoms with Gasteiger partial charge in [-0.25, -0.2) is 0 Å². The third-order valence-corrected chi connectivity index (χ3v) is 4.69. The maximum absolute atomic E-state index is 12.2. The first-order valence-electron chi connectivity index (χ1n) is 9.16. The Morgan fingerprint density at radius 1 is 1.07 bits per heavy atom. The zero-order valence-electron chi connectivity index (χ0n) is 16.5. The molecule has 2 aromatic carbocycles. The molecule has 142 valence electrons. The van der Waals surface area contributed by atoms with Crippen molar-refractivity contribution in [3.05, 3.63) is 59.8 Å². The molecule has 0 bridgehead atoms. The molecule has 0 radical (unpaired) electrons. The maximum atomic E-state index is 12.2. The van der Waals surface area contributed by atoms with E-state index >= 15 is 0 Å². The highest BCUT2D eigenvalue weighted by Crippen LogP contribution is 2.21. The van der Waals surface area contributed by atoms with Crippen LogP contribution in [0.3, 0.4) is 0 Å². The van der Waals surface area contributed by atoms with E-state index in [0.29, 0.717) is 5.75 Å². The van der Waals surface area contributed by atoms with Crippen LogP contribution in [-0.2, 0) is 11.3 Å². The SMILES string of the molecule is Cc1ccc(OCC(=O)Nc2ccc3c(ccn3CCN(C)C)c2)cc1C. The third-order valence-electron chi connectivity index (χ3n) is 4.69. The Morgan fingerprint density at radius 3 is 2.63 bits per heavy atom. The summed E-state index contributed by atoms with van der Waals surface area (Å²) in [6.07, 6.45) is 2.09. The molecule has 1 heterocycles. The largest absolute Gasteiger partial charge is 0.484 e. The molecule has 0 aliphatic rings. The number of carbonyl (C=O) groups excluding carboxylic acids is 1. The average Bonchev–Trinajstić information content (AvgIpc) is 3.03. The van der Waals surface area contributed by atoms with Gasteiger partial charge >= 0.3 is 0 Å². The quantitative estimate of drug-likeness (QED) is 0.692. The molecule has 27 heavy (non-hydrogen) atoms. The summed E-state index contributed by atoms with van der Waals surface area (Å²) < 4.78 is 7.83. The molecule has 0 aliphatic carbocycles. The number of aryl methyl sites for hydroxylation is 2. The molecule has 5 heteroatoms.